The van der Waals surface area contributed by atoms with Crippen molar-refractivity contribution in [3.63, 3.8) is 0 Å². The molecule has 21 heavy (non-hydrogen) atoms. The third-order valence-corrected chi connectivity index (χ3v) is 3.85. The third-order valence-electron chi connectivity index (χ3n) is 3.85. The van der Waals surface area contributed by atoms with Crippen LogP contribution in [0, 0.1) is 0 Å². The second-order valence-corrected chi connectivity index (χ2v) is 5.12. The number of nitrogens with two attached hydrogens (primary N) is 1. The summed E-state index contributed by atoms with van der Waals surface area (Å²) < 4.78 is 0. The minimum absolute atomic E-state index is 0.422. The van der Waals surface area contributed by atoms with Crippen LogP contribution in [0.2, 0.25) is 0 Å². The van der Waals surface area contributed by atoms with Crippen LogP contribution >= 0.6 is 0 Å². The summed E-state index contributed by atoms with van der Waals surface area (Å²) >= 11 is 0. The maximum atomic E-state index is 12.1. The number of carbonyl (C=O) groups is 1. The molecule has 0 saturated heterocycles. The number of benzene rings is 1. The maximum Gasteiger partial charge on any atom is 0.233 e. The molecule has 0 bridgehead atoms. The highest BCUT2D eigenvalue weighted by molar-refractivity contribution is 5.90. The molecule has 104 valence electrons. The zero-order valence-corrected chi connectivity index (χ0v) is 11.7. The molecule has 1 atom stereocenters. The predicted octanol–water partition coefficient (Wildman–Crippen LogP) is 2.42. The van der Waals surface area contributed by atoms with Gasteiger partial charge in [0.1, 0.15) is 5.41 Å². The van der Waals surface area contributed by atoms with E-state index < -0.39 is 11.3 Å². The molecule has 0 aliphatic rings. The van der Waals surface area contributed by atoms with Crippen molar-refractivity contribution in [2.24, 2.45) is 5.73 Å². The minimum Gasteiger partial charge on any atom is -0.369 e. The molecule has 0 spiro atoms. The molecule has 3 aromatic rings. The molecular weight excluding hydrogens is 262 g/mol. The summed E-state index contributed by atoms with van der Waals surface area (Å²) in [4.78, 5) is 20.8. The van der Waals surface area contributed by atoms with Gasteiger partial charge in [-0.05, 0) is 30.7 Å². The lowest BCUT2D eigenvalue weighted by Gasteiger charge is -2.26. The quantitative estimate of drug-likeness (QED) is 0.799. The van der Waals surface area contributed by atoms with Gasteiger partial charge in [-0.25, -0.2) is 0 Å². The van der Waals surface area contributed by atoms with Crippen LogP contribution in [0.15, 0.2) is 60.9 Å². The Hall–Kier alpha value is -2.75. The second-order valence-electron chi connectivity index (χ2n) is 5.12. The van der Waals surface area contributed by atoms with E-state index >= 15 is 0 Å². The monoisotopic (exact) mass is 277 g/mol. The number of hydrogen-bond donors (Lipinski definition) is 1. The van der Waals surface area contributed by atoms with Crippen molar-refractivity contribution >= 4 is 16.8 Å². The van der Waals surface area contributed by atoms with Crippen LogP contribution in [-0.4, -0.2) is 15.9 Å². The lowest BCUT2D eigenvalue weighted by molar-refractivity contribution is -0.121. The Morgan fingerprint density at radius 1 is 1.10 bits per heavy atom. The van der Waals surface area contributed by atoms with E-state index in [9.17, 15) is 4.79 Å². The Bertz CT molecular complexity index is 801. The molecule has 4 heteroatoms. The van der Waals surface area contributed by atoms with Crippen molar-refractivity contribution in [2.45, 2.75) is 12.3 Å². The van der Waals surface area contributed by atoms with Crippen molar-refractivity contribution < 1.29 is 4.79 Å². The summed E-state index contributed by atoms with van der Waals surface area (Å²) in [5.74, 6) is -0.422. The van der Waals surface area contributed by atoms with Crippen molar-refractivity contribution in [2.75, 3.05) is 0 Å². The summed E-state index contributed by atoms with van der Waals surface area (Å²) in [6.45, 7) is 1.81. The van der Waals surface area contributed by atoms with Gasteiger partial charge in [0.2, 0.25) is 5.91 Å². The van der Waals surface area contributed by atoms with Gasteiger partial charge in [0.05, 0.1) is 11.2 Å². The highest BCUT2D eigenvalue weighted by Gasteiger charge is 2.36. The Labute approximate surface area is 122 Å². The first-order chi connectivity index (χ1) is 10.1. The summed E-state index contributed by atoms with van der Waals surface area (Å²) in [5.41, 5.74) is 7.00. The van der Waals surface area contributed by atoms with Gasteiger partial charge in [0, 0.05) is 17.8 Å². The molecule has 2 heterocycles. The van der Waals surface area contributed by atoms with Crippen molar-refractivity contribution in [3.05, 3.63) is 72.2 Å². The molecule has 3 rings (SSSR count). The van der Waals surface area contributed by atoms with Gasteiger partial charge < -0.3 is 5.73 Å². The number of rotatable bonds is 3. The first kappa shape index (κ1) is 13.2. The average molecular weight is 277 g/mol. The van der Waals surface area contributed by atoms with Crippen LogP contribution in [0.1, 0.15) is 18.2 Å². The Morgan fingerprint density at radius 3 is 2.57 bits per heavy atom. The minimum atomic E-state index is -0.960. The molecule has 2 aromatic heterocycles. The van der Waals surface area contributed by atoms with Gasteiger partial charge in [0.15, 0.2) is 0 Å². The first-order valence-electron chi connectivity index (χ1n) is 6.69. The van der Waals surface area contributed by atoms with Crippen LogP contribution < -0.4 is 5.73 Å². The summed E-state index contributed by atoms with van der Waals surface area (Å²) in [7, 11) is 0. The van der Waals surface area contributed by atoms with E-state index in [1.807, 2.05) is 48.5 Å². The largest absolute Gasteiger partial charge is 0.369 e. The average Bonchev–Trinajstić information content (AvgIpc) is 2.54. The smallest absolute Gasteiger partial charge is 0.233 e. The molecule has 4 nitrogen and oxygen atoms in total. The number of nitrogens with zero attached hydrogens (tertiary/aromatic N) is 2. The third kappa shape index (κ3) is 2.14. The number of fused-ring (bicyclic) bond motifs is 1. The molecule has 0 aliphatic carbocycles. The van der Waals surface area contributed by atoms with Crippen molar-refractivity contribution in [3.8, 4) is 0 Å². The van der Waals surface area contributed by atoms with Crippen LogP contribution in [0.5, 0.6) is 0 Å². The van der Waals surface area contributed by atoms with E-state index in [2.05, 4.69) is 9.97 Å². The van der Waals surface area contributed by atoms with E-state index in [1.165, 1.54) is 0 Å². The van der Waals surface area contributed by atoms with Gasteiger partial charge in [-0.2, -0.15) is 0 Å². The zero-order chi connectivity index (χ0) is 14.9. The highest BCUT2D eigenvalue weighted by atomic mass is 16.1. The molecule has 0 radical (unpaired) electrons. The van der Waals surface area contributed by atoms with Gasteiger partial charge >= 0.3 is 0 Å². The fraction of sp³-hybridized carbons (Fsp3) is 0.118. The Kier molecular flexibility index (Phi) is 3.14. The number of amides is 1. The Balaban J connectivity index is 2.22. The Morgan fingerprint density at radius 2 is 1.86 bits per heavy atom. The molecule has 0 fully saturated rings. The molecule has 2 N–H and O–H groups in total. The van der Waals surface area contributed by atoms with Crippen LogP contribution in [0.25, 0.3) is 10.9 Å². The second kappa shape index (κ2) is 4.98. The number of primary amides is 1. The lowest BCUT2D eigenvalue weighted by atomic mass is 9.78. The van der Waals surface area contributed by atoms with E-state index in [1.54, 1.807) is 19.3 Å². The predicted molar refractivity (Wildman–Crippen MR) is 81.6 cm³/mol. The number of aromatic nitrogens is 2. The first-order valence-corrected chi connectivity index (χ1v) is 6.69. The zero-order valence-electron chi connectivity index (χ0n) is 11.7. The molecule has 1 aromatic carbocycles. The summed E-state index contributed by atoms with van der Waals surface area (Å²) in [5, 5.41) is 0.932. The van der Waals surface area contributed by atoms with E-state index in [4.69, 9.17) is 5.73 Å². The number of hydrogen-bond acceptors (Lipinski definition) is 3. The molecule has 0 aliphatic heterocycles. The molecule has 1 unspecified atom stereocenters. The summed E-state index contributed by atoms with van der Waals surface area (Å²) in [6, 6.07) is 15.0. The van der Waals surface area contributed by atoms with Gasteiger partial charge in [-0.1, -0.05) is 30.3 Å². The van der Waals surface area contributed by atoms with Crippen LogP contribution in [0.4, 0.5) is 0 Å². The fourth-order valence-electron chi connectivity index (χ4n) is 2.43. The molecular formula is C17H15N3O. The van der Waals surface area contributed by atoms with E-state index in [0.717, 1.165) is 16.5 Å². The van der Waals surface area contributed by atoms with Crippen LogP contribution in [-0.2, 0) is 10.2 Å². The van der Waals surface area contributed by atoms with Crippen molar-refractivity contribution in [1.82, 2.24) is 9.97 Å². The normalized spacial score (nSPS) is 13.8. The number of pyridine rings is 2. The summed E-state index contributed by atoms with van der Waals surface area (Å²) in [6.07, 6.45) is 3.43. The standard InChI is InChI=1S/C17H15N3O/c1-17(16(18)21,13-5-3-2-4-6-13)15-8-7-12-11-19-10-9-14(12)20-15/h2-11H,1H3,(H2,18,21). The van der Waals surface area contributed by atoms with Gasteiger partial charge in [-0.3, -0.25) is 14.8 Å². The highest BCUT2D eigenvalue weighted by Crippen LogP contribution is 2.31. The van der Waals surface area contributed by atoms with Gasteiger partial charge in [-0.15, -0.1) is 0 Å². The SMILES string of the molecule is CC(C(N)=O)(c1ccccc1)c1ccc2cnccc2n1. The lowest BCUT2D eigenvalue weighted by Crippen LogP contribution is -2.40. The maximum absolute atomic E-state index is 12.1. The molecule has 1 amide bonds. The van der Waals surface area contributed by atoms with Crippen LogP contribution in [0.3, 0.4) is 0 Å². The van der Waals surface area contributed by atoms with E-state index in [-0.39, 0.29) is 0 Å². The van der Waals surface area contributed by atoms with Crippen molar-refractivity contribution in [1.29, 1.82) is 0 Å². The van der Waals surface area contributed by atoms with Gasteiger partial charge in [0.25, 0.3) is 0 Å². The molecule has 0 saturated carbocycles. The van der Waals surface area contributed by atoms with E-state index in [0.29, 0.717) is 5.69 Å². The fourth-order valence-corrected chi connectivity index (χ4v) is 2.43. The topological polar surface area (TPSA) is 68.9 Å². The number of carbonyl (C=O) groups excluding carboxylic acids is 1.